The zero-order chi connectivity index (χ0) is 38.2. The third-order valence-corrected chi connectivity index (χ3v) is 6.69. The molecule has 0 saturated carbocycles. The van der Waals surface area contributed by atoms with Crippen LogP contribution in [0.25, 0.3) is 0 Å². The van der Waals surface area contributed by atoms with Gasteiger partial charge in [-0.3, -0.25) is 4.79 Å². The Hall–Kier alpha value is -5.93. The lowest BCUT2D eigenvalue weighted by Gasteiger charge is -2.31. The number of carbonyl (C=O) groups is 1. The van der Waals surface area contributed by atoms with E-state index in [2.05, 4.69) is 154 Å². The third kappa shape index (κ3) is 31.3. The number of aliphatic hydroxyl groups excluding tert-OH is 2. The van der Waals surface area contributed by atoms with Crippen LogP contribution in [0.3, 0.4) is 0 Å². The van der Waals surface area contributed by atoms with Gasteiger partial charge in [0.15, 0.2) is 0 Å². The van der Waals surface area contributed by atoms with Crippen molar-refractivity contribution < 1.29 is 54.0 Å². The summed E-state index contributed by atoms with van der Waals surface area (Å²) < 4.78 is 5.91. The molecule has 0 aliphatic rings. The Bertz CT molecular complexity index is 1950. The van der Waals surface area contributed by atoms with Crippen LogP contribution >= 0.6 is 0 Å². The first-order valence-corrected chi connectivity index (χ1v) is 17.6. The summed E-state index contributed by atoms with van der Waals surface area (Å²) in [4.78, 5) is 12.4. The van der Waals surface area contributed by atoms with Gasteiger partial charge in [0, 0.05) is 75.7 Å². The maximum absolute atomic E-state index is 12.4. The van der Waals surface area contributed by atoms with E-state index in [9.17, 15) is 15.0 Å². The number of ether oxygens (including phenoxy) is 1. The standard InChI is InChI=1S/C47H47NO4.24H2/c1-5-7-9-11-13-15-17-19-20-21-22-23-24-25-26-27-28-29-31-33-35-37-39-41-46(51)48-44(42-49)47(52-43(3)4)45(50)40-38-36-34-32-30-18-16-14-12-10-8-6-2;;;;;;;;;;;;;;;;;;;;;;;;/h43-45,47,49-50H,6,8,10,12,14,16,18,30,32,34,36,38,40,42H2,1-4H3,(H,48,51);24*1H/t44-,45+,47-;;;;;;;;;;;;;;;;;;;;;;;;/m0......................../s1. The first kappa shape index (κ1) is 46.1. The number of amides is 1. The van der Waals surface area contributed by atoms with Crippen LogP contribution in [0, 0.1) is 142 Å². The Morgan fingerprint density at radius 1 is 0.577 bits per heavy atom. The summed E-state index contributed by atoms with van der Waals surface area (Å²) in [7, 11) is 0. The van der Waals surface area contributed by atoms with Crippen LogP contribution in [0.1, 0.15) is 145 Å². The van der Waals surface area contributed by atoms with Gasteiger partial charge in [0.1, 0.15) is 6.10 Å². The van der Waals surface area contributed by atoms with Crippen molar-refractivity contribution in [2.75, 3.05) is 6.61 Å². The number of unbranched alkanes of at least 4 members (excludes halogenated alkanes) is 11. The minimum absolute atomic E-state index is 0. The van der Waals surface area contributed by atoms with Crippen molar-refractivity contribution in [1.29, 1.82) is 0 Å². The molecule has 0 aromatic rings. The Labute approximate surface area is 350 Å². The normalized spacial score (nSPS) is 9.83. The number of nitrogens with one attached hydrogen (secondary N) is 1. The fourth-order valence-corrected chi connectivity index (χ4v) is 4.34. The molecule has 0 aliphatic carbocycles. The van der Waals surface area contributed by atoms with Gasteiger partial charge in [0.25, 0.3) is 5.91 Å². The number of aliphatic hydroxyl groups is 2. The number of hydrogen-bond acceptors (Lipinski definition) is 4. The molecule has 0 aromatic heterocycles. The molecule has 312 valence electrons. The molecule has 0 rings (SSSR count). The van der Waals surface area contributed by atoms with Gasteiger partial charge in [-0.1, -0.05) is 89.9 Å². The summed E-state index contributed by atoms with van der Waals surface area (Å²) in [6.45, 7) is 7.21. The highest BCUT2D eigenvalue weighted by Crippen LogP contribution is 2.17. The summed E-state index contributed by atoms with van der Waals surface area (Å²) >= 11 is 0. The van der Waals surface area contributed by atoms with E-state index >= 15 is 0 Å². The Kier molecular flexibility index (Phi) is 32.2. The Morgan fingerprint density at radius 3 is 1.27 bits per heavy atom. The second-order valence-corrected chi connectivity index (χ2v) is 11.3. The quantitative estimate of drug-likeness (QED) is 0.0911. The van der Waals surface area contributed by atoms with E-state index in [-0.39, 0.29) is 40.3 Å². The molecule has 52 heavy (non-hydrogen) atoms. The summed E-state index contributed by atoms with van der Waals surface area (Å²) in [6.07, 6.45) is 13.4. The van der Waals surface area contributed by atoms with E-state index in [1.807, 2.05) is 13.8 Å². The van der Waals surface area contributed by atoms with Crippen molar-refractivity contribution in [1.82, 2.24) is 5.32 Å². The lowest BCUT2D eigenvalue weighted by atomic mass is 9.99. The average molecular weight is 738 g/mol. The highest BCUT2D eigenvalue weighted by molar-refractivity contribution is 5.94. The summed E-state index contributed by atoms with van der Waals surface area (Å²) in [5.74, 6) is 59.4. The maximum atomic E-state index is 12.4. The van der Waals surface area contributed by atoms with Crippen LogP contribution in [-0.4, -0.2) is 47.1 Å². The molecule has 0 aromatic carbocycles. The van der Waals surface area contributed by atoms with Gasteiger partial charge >= 0.3 is 0 Å². The van der Waals surface area contributed by atoms with Gasteiger partial charge in [-0.05, 0) is 122 Å². The summed E-state index contributed by atoms with van der Waals surface area (Å²) in [6, 6.07) is -0.825. The van der Waals surface area contributed by atoms with Crippen LogP contribution < -0.4 is 5.32 Å². The van der Waals surface area contributed by atoms with Gasteiger partial charge in [-0.15, -0.1) is 0 Å². The molecule has 0 saturated heterocycles. The van der Waals surface area contributed by atoms with Crippen molar-refractivity contribution in [3.8, 4) is 142 Å². The van der Waals surface area contributed by atoms with E-state index in [0.29, 0.717) is 6.42 Å². The van der Waals surface area contributed by atoms with Gasteiger partial charge in [-0.2, -0.15) is 0 Å². The second kappa shape index (κ2) is 36.4. The highest BCUT2D eigenvalue weighted by Gasteiger charge is 2.30. The highest BCUT2D eigenvalue weighted by atomic mass is 16.5. The van der Waals surface area contributed by atoms with Gasteiger partial charge in [0.05, 0.1) is 24.9 Å². The lowest BCUT2D eigenvalue weighted by Crippen LogP contribution is -2.52. The zero-order valence-electron chi connectivity index (χ0n) is 30.9. The smallest absolute Gasteiger partial charge is 0.297 e. The third-order valence-electron chi connectivity index (χ3n) is 6.69. The lowest BCUT2D eigenvalue weighted by molar-refractivity contribution is -0.123. The average Bonchev–Trinajstić information content (AvgIpc) is 3.13. The summed E-state index contributed by atoms with van der Waals surface area (Å²) in [5, 5.41) is 23.5. The van der Waals surface area contributed by atoms with Gasteiger partial charge in [-0.25, -0.2) is 0 Å². The van der Waals surface area contributed by atoms with Crippen molar-refractivity contribution in [2.45, 2.75) is 136 Å². The van der Waals surface area contributed by atoms with Crippen LogP contribution in [0.4, 0.5) is 0 Å². The number of hydrogen-bond donors (Lipinski definition) is 3. The Balaban J connectivity index is -0.0000000471. The topological polar surface area (TPSA) is 78.8 Å². The van der Waals surface area contributed by atoms with Crippen molar-refractivity contribution in [2.24, 2.45) is 0 Å². The van der Waals surface area contributed by atoms with Crippen molar-refractivity contribution >= 4 is 5.91 Å². The van der Waals surface area contributed by atoms with Crippen LogP contribution in [-0.2, 0) is 9.53 Å². The van der Waals surface area contributed by atoms with Crippen LogP contribution in [0.5, 0.6) is 0 Å². The second-order valence-electron chi connectivity index (χ2n) is 11.3. The SMILES string of the molecule is CC#CC#CC#CC#CC#CC#CC#CC#CC#CC#CC#CC#CC(=O)N[C@@H](CO)[C@H](OC(C)C)[C@H](O)CCCCCCCCCCCCCC.[HH].[HH].[HH].[HH].[HH].[HH].[HH].[HH].[HH].[HH].[HH].[HH].[HH].[HH].[HH].[HH].[HH].[HH].[HH].[HH].[HH].[HH].[HH].[HH]. The molecule has 0 aliphatic heterocycles. The van der Waals surface area contributed by atoms with E-state index in [1.54, 1.807) is 6.92 Å². The molecule has 0 heterocycles. The van der Waals surface area contributed by atoms with E-state index in [1.165, 1.54) is 57.8 Å². The van der Waals surface area contributed by atoms with E-state index in [0.717, 1.165) is 19.3 Å². The molecular weight excluding hydrogens is 643 g/mol. The monoisotopic (exact) mass is 738 g/mol. The molecule has 5 nitrogen and oxygen atoms in total. The molecule has 0 bridgehead atoms. The predicted octanol–water partition coefficient (Wildman–Crippen LogP) is 10.7. The first-order valence-electron chi connectivity index (χ1n) is 17.6. The molecule has 3 atom stereocenters. The molecular formula is C47H95NO4. The largest absolute Gasteiger partial charge is 0.394 e. The molecule has 0 fully saturated rings. The van der Waals surface area contributed by atoms with E-state index < -0.39 is 30.8 Å². The van der Waals surface area contributed by atoms with Crippen molar-refractivity contribution in [3.05, 3.63) is 0 Å². The zero-order valence-corrected chi connectivity index (χ0v) is 30.9. The molecule has 5 heteroatoms. The van der Waals surface area contributed by atoms with Crippen LogP contribution in [0.15, 0.2) is 0 Å². The predicted molar refractivity (Wildman–Crippen MR) is 260 cm³/mol. The number of rotatable bonds is 19. The summed E-state index contributed by atoms with van der Waals surface area (Å²) in [5.41, 5.74) is 0. The van der Waals surface area contributed by atoms with Crippen molar-refractivity contribution in [3.63, 3.8) is 0 Å². The maximum Gasteiger partial charge on any atom is 0.297 e. The number of carbonyl (C=O) groups excluding carboxylic acids is 1. The minimum atomic E-state index is -0.840. The molecule has 0 unspecified atom stereocenters. The first-order chi connectivity index (χ1) is 25.5. The van der Waals surface area contributed by atoms with Gasteiger partial charge in [0.2, 0.25) is 0 Å². The molecule has 3 N–H and O–H groups in total. The molecule has 0 radical (unpaired) electrons. The molecule has 1 amide bonds. The van der Waals surface area contributed by atoms with E-state index in [4.69, 9.17) is 4.74 Å². The Morgan fingerprint density at radius 2 is 0.923 bits per heavy atom. The fraction of sp³-hybridized carbons (Fsp3) is 0.468. The molecule has 0 spiro atoms. The fourth-order valence-electron chi connectivity index (χ4n) is 4.34. The van der Waals surface area contributed by atoms with Crippen LogP contribution in [0.2, 0.25) is 0 Å². The van der Waals surface area contributed by atoms with Gasteiger partial charge < -0.3 is 20.3 Å². The minimum Gasteiger partial charge on any atom is -0.394 e.